The van der Waals surface area contributed by atoms with E-state index in [0.717, 1.165) is 12.0 Å². The van der Waals surface area contributed by atoms with E-state index in [1.165, 1.54) is 71.0 Å². The molecule has 2 rings (SSSR count). The summed E-state index contributed by atoms with van der Waals surface area (Å²) >= 11 is 0. The number of nitrogens with one attached hydrogen (secondary N) is 1. The Morgan fingerprint density at radius 2 is 1.71 bits per heavy atom. The van der Waals surface area contributed by atoms with Gasteiger partial charge in [0.1, 0.15) is 0 Å². The Kier molecular flexibility index (Phi) is 6.55. The maximum Gasteiger partial charge on any atom is 0.0124 e. The van der Waals surface area contributed by atoms with Crippen LogP contribution in [0.5, 0.6) is 0 Å². The van der Waals surface area contributed by atoms with Crippen molar-refractivity contribution in [2.75, 3.05) is 19.6 Å². The first-order chi connectivity index (χ1) is 10.1. The Morgan fingerprint density at radius 1 is 1.05 bits per heavy atom. The third-order valence-electron chi connectivity index (χ3n) is 6.28. The molecule has 2 nitrogen and oxygen atoms in total. The lowest BCUT2D eigenvalue weighted by atomic mass is 9.75. The number of hydrogen-bond acceptors (Lipinski definition) is 2. The predicted octanol–water partition coefficient (Wildman–Crippen LogP) is 4.45. The molecule has 2 fully saturated rings. The topological polar surface area (TPSA) is 15.3 Å². The number of likely N-dealkylation sites (tertiary alicyclic amines) is 1. The zero-order valence-corrected chi connectivity index (χ0v) is 15.0. The van der Waals surface area contributed by atoms with Crippen LogP contribution in [0.1, 0.15) is 79.1 Å². The molecular formula is C19H38N2. The van der Waals surface area contributed by atoms with Crippen molar-refractivity contribution in [2.24, 2.45) is 11.3 Å². The highest BCUT2D eigenvalue weighted by Crippen LogP contribution is 2.38. The van der Waals surface area contributed by atoms with Crippen molar-refractivity contribution in [1.29, 1.82) is 0 Å². The normalized spacial score (nSPS) is 27.9. The molecule has 1 saturated carbocycles. The van der Waals surface area contributed by atoms with Crippen molar-refractivity contribution in [1.82, 2.24) is 10.2 Å². The molecule has 0 spiro atoms. The van der Waals surface area contributed by atoms with Crippen LogP contribution in [0.2, 0.25) is 0 Å². The third-order valence-corrected chi connectivity index (χ3v) is 6.28. The first kappa shape index (κ1) is 17.3. The summed E-state index contributed by atoms with van der Waals surface area (Å²) in [6.45, 7) is 13.2. The van der Waals surface area contributed by atoms with Crippen LogP contribution in [0.4, 0.5) is 0 Å². The van der Waals surface area contributed by atoms with E-state index in [0.29, 0.717) is 11.5 Å². The standard InChI is InChI=1S/C19H38N2/c1-5-19(6-2,14-20-16(3)4)15-21-13-9-11-17-10-7-8-12-18(17)21/h16-18,20H,5-15H2,1-4H3. The van der Waals surface area contributed by atoms with Gasteiger partial charge in [0.15, 0.2) is 0 Å². The molecule has 124 valence electrons. The van der Waals surface area contributed by atoms with E-state index in [1.807, 2.05) is 0 Å². The van der Waals surface area contributed by atoms with Crippen molar-refractivity contribution in [3.63, 3.8) is 0 Å². The molecule has 2 aliphatic rings. The maximum absolute atomic E-state index is 3.72. The summed E-state index contributed by atoms with van der Waals surface area (Å²) in [4.78, 5) is 2.89. The number of hydrogen-bond donors (Lipinski definition) is 1. The first-order valence-corrected chi connectivity index (χ1v) is 9.57. The van der Waals surface area contributed by atoms with E-state index in [1.54, 1.807) is 0 Å². The summed E-state index contributed by atoms with van der Waals surface area (Å²) < 4.78 is 0. The van der Waals surface area contributed by atoms with Gasteiger partial charge in [-0.25, -0.2) is 0 Å². The molecule has 2 unspecified atom stereocenters. The average molecular weight is 295 g/mol. The summed E-state index contributed by atoms with van der Waals surface area (Å²) in [6, 6.07) is 1.51. The minimum absolute atomic E-state index is 0.476. The lowest BCUT2D eigenvalue weighted by molar-refractivity contribution is 0.0196. The second-order valence-electron chi connectivity index (χ2n) is 7.97. The second-order valence-corrected chi connectivity index (χ2v) is 7.97. The molecule has 0 aromatic heterocycles. The summed E-state index contributed by atoms with van der Waals surface area (Å²) in [6.07, 6.45) is 11.4. The molecule has 1 aliphatic carbocycles. The fourth-order valence-electron chi connectivity index (χ4n) is 4.56. The molecule has 0 bridgehead atoms. The summed E-state index contributed by atoms with van der Waals surface area (Å²) in [5.41, 5.74) is 0.476. The van der Waals surface area contributed by atoms with Gasteiger partial charge in [-0.3, -0.25) is 4.90 Å². The number of fused-ring (bicyclic) bond motifs is 1. The SMILES string of the molecule is CCC(CC)(CNC(C)C)CN1CCCC2CCCCC21. The van der Waals surface area contributed by atoms with Crippen molar-refractivity contribution in [2.45, 2.75) is 91.1 Å². The Hall–Kier alpha value is -0.0800. The van der Waals surface area contributed by atoms with Gasteiger partial charge >= 0.3 is 0 Å². The predicted molar refractivity (Wildman–Crippen MR) is 92.7 cm³/mol. The van der Waals surface area contributed by atoms with Crippen molar-refractivity contribution >= 4 is 0 Å². The van der Waals surface area contributed by atoms with Gasteiger partial charge in [0.2, 0.25) is 0 Å². The molecule has 0 amide bonds. The van der Waals surface area contributed by atoms with E-state index in [-0.39, 0.29) is 0 Å². The smallest absolute Gasteiger partial charge is 0.0124 e. The molecule has 1 aliphatic heterocycles. The lowest BCUT2D eigenvalue weighted by Crippen LogP contribution is -2.53. The zero-order chi connectivity index (χ0) is 15.3. The van der Waals surface area contributed by atoms with E-state index in [4.69, 9.17) is 0 Å². The summed E-state index contributed by atoms with van der Waals surface area (Å²) in [5, 5.41) is 3.72. The molecule has 0 radical (unpaired) electrons. The molecule has 0 aromatic rings. The van der Waals surface area contributed by atoms with Gasteiger partial charge in [-0.1, -0.05) is 40.5 Å². The average Bonchev–Trinajstić information content (AvgIpc) is 2.51. The van der Waals surface area contributed by atoms with Gasteiger partial charge in [-0.05, 0) is 56.4 Å². The lowest BCUT2D eigenvalue weighted by Gasteiger charge is -2.48. The fourth-order valence-corrected chi connectivity index (χ4v) is 4.56. The monoisotopic (exact) mass is 294 g/mol. The van der Waals surface area contributed by atoms with Crippen LogP contribution in [0, 0.1) is 11.3 Å². The minimum atomic E-state index is 0.476. The van der Waals surface area contributed by atoms with Gasteiger partial charge in [0.25, 0.3) is 0 Å². The van der Waals surface area contributed by atoms with E-state index in [2.05, 4.69) is 37.9 Å². The number of piperidine rings is 1. The molecule has 21 heavy (non-hydrogen) atoms. The molecular weight excluding hydrogens is 256 g/mol. The van der Waals surface area contributed by atoms with Crippen LogP contribution in [-0.4, -0.2) is 36.6 Å². The van der Waals surface area contributed by atoms with Crippen molar-refractivity contribution in [3.05, 3.63) is 0 Å². The van der Waals surface area contributed by atoms with Crippen LogP contribution >= 0.6 is 0 Å². The Labute approximate surface area is 133 Å². The second kappa shape index (κ2) is 7.97. The van der Waals surface area contributed by atoms with Crippen molar-refractivity contribution < 1.29 is 0 Å². The Morgan fingerprint density at radius 3 is 2.38 bits per heavy atom. The molecule has 2 atom stereocenters. The third kappa shape index (κ3) is 4.45. The van der Waals surface area contributed by atoms with Crippen molar-refractivity contribution in [3.8, 4) is 0 Å². The van der Waals surface area contributed by atoms with Gasteiger partial charge in [-0.15, -0.1) is 0 Å². The largest absolute Gasteiger partial charge is 0.314 e. The van der Waals surface area contributed by atoms with Crippen LogP contribution in [-0.2, 0) is 0 Å². The fraction of sp³-hybridized carbons (Fsp3) is 1.00. The van der Waals surface area contributed by atoms with Gasteiger partial charge in [0, 0.05) is 25.2 Å². The highest BCUT2D eigenvalue weighted by atomic mass is 15.2. The number of rotatable bonds is 7. The van der Waals surface area contributed by atoms with E-state index < -0.39 is 0 Å². The van der Waals surface area contributed by atoms with Crippen LogP contribution < -0.4 is 5.32 Å². The van der Waals surface area contributed by atoms with Gasteiger partial charge in [-0.2, -0.15) is 0 Å². The van der Waals surface area contributed by atoms with Crippen LogP contribution in [0.3, 0.4) is 0 Å². The van der Waals surface area contributed by atoms with Crippen LogP contribution in [0.25, 0.3) is 0 Å². The summed E-state index contributed by atoms with van der Waals surface area (Å²) in [5.74, 6) is 1.01. The molecule has 1 heterocycles. The molecule has 1 N–H and O–H groups in total. The summed E-state index contributed by atoms with van der Waals surface area (Å²) in [7, 11) is 0. The quantitative estimate of drug-likeness (QED) is 0.746. The molecule has 1 saturated heterocycles. The minimum Gasteiger partial charge on any atom is -0.314 e. The molecule has 2 heteroatoms. The van der Waals surface area contributed by atoms with Gasteiger partial charge < -0.3 is 5.32 Å². The van der Waals surface area contributed by atoms with Gasteiger partial charge in [0.05, 0.1) is 0 Å². The zero-order valence-electron chi connectivity index (χ0n) is 15.0. The maximum atomic E-state index is 3.72. The Balaban J connectivity index is 2.00. The number of nitrogens with zero attached hydrogens (tertiary/aromatic N) is 1. The molecule has 0 aromatic carbocycles. The van der Waals surface area contributed by atoms with Crippen LogP contribution in [0.15, 0.2) is 0 Å². The van der Waals surface area contributed by atoms with E-state index in [9.17, 15) is 0 Å². The highest BCUT2D eigenvalue weighted by molar-refractivity contribution is 4.92. The first-order valence-electron chi connectivity index (χ1n) is 9.57. The Bertz CT molecular complexity index is 294. The highest BCUT2D eigenvalue weighted by Gasteiger charge is 2.37. The van der Waals surface area contributed by atoms with E-state index >= 15 is 0 Å².